The molecule has 0 bridgehead atoms. The van der Waals surface area contributed by atoms with Crippen LogP contribution in [0.2, 0.25) is 0 Å². The van der Waals surface area contributed by atoms with E-state index in [-0.39, 0.29) is 23.9 Å². The van der Waals surface area contributed by atoms with Gasteiger partial charge in [-0.3, -0.25) is 4.79 Å². The van der Waals surface area contributed by atoms with E-state index in [1.807, 2.05) is 25.1 Å². The minimum absolute atomic E-state index is 0.0293. The van der Waals surface area contributed by atoms with Gasteiger partial charge in [0, 0.05) is 36.2 Å². The number of amides is 1. The summed E-state index contributed by atoms with van der Waals surface area (Å²) >= 11 is 0.703. The molecule has 0 radical (unpaired) electrons. The molecule has 1 aliphatic carbocycles. The number of ether oxygens (including phenoxy) is 1. The Balaban J connectivity index is 1.21. The first-order valence-corrected chi connectivity index (χ1v) is 12.2. The summed E-state index contributed by atoms with van der Waals surface area (Å²) in [5, 5.41) is 2.78. The molecule has 10 heteroatoms. The van der Waals surface area contributed by atoms with Crippen molar-refractivity contribution < 1.29 is 18.5 Å². The number of carbonyl (C=O) groups is 1. The van der Waals surface area contributed by atoms with Crippen LogP contribution >= 0.6 is 12.0 Å². The summed E-state index contributed by atoms with van der Waals surface area (Å²) in [5.74, 6) is 0.424. The molecular formula is C25H24FN5O3S. The first kappa shape index (κ1) is 23.3. The molecular weight excluding hydrogens is 469 g/mol. The molecule has 4 aromatic rings. The van der Waals surface area contributed by atoms with Crippen LogP contribution in [-0.4, -0.2) is 48.8 Å². The number of aromatic amines is 1. The second-order valence-corrected chi connectivity index (χ2v) is 9.25. The maximum absolute atomic E-state index is 15.0. The Bertz CT molecular complexity index is 1360. The van der Waals surface area contributed by atoms with Gasteiger partial charge in [-0.2, -0.15) is 0 Å². The molecule has 8 nitrogen and oxygen atoms in total. The summed E-state index contributed by atoms with van der Waals surface area (Å²) in [4.78, 5) is 28.2. The van der Waals surface area contributed by atoms with Crippen LogP contribution < -0.4 is 10.1 Å². The van der Waals surface area contributed by atoms with Crippen molar-refractivity contribution in [1.82, 2.24) is 25.3 Å². The van der Waals surface area contributed by atoms with Gasteiger partial charge in [0.15, 0.2) is 0 Å². The van der Waals surface area contributed by atoms with E-state index >= 15 is 0 Å². The normalized spacial score (nSPS) is 17.2. The van der Waals surface area contributed by atoms with Crippen molar-refractivity contribution in [3.8, 4) is 28.5 Å². The molecule has 3 N–H and O–H groups in total. The van der Waals surface area contributed by atoms with Crippen LogP contribution in [0.4, 0.5) is 4.39 Å². The largest absolute Gasteiger partial charge is 0.460 e. The fraction of sp³-hybridized carbons (Fsp3) is 0.280. The van der Waals surface area contributed by atoms with Gasteiger partial charge < -0.3 is 19.6 Å². The van der Waals surface area contributed by atoms with Crippen molar-refractivity contribution in [2.24, 2.45) is 5.92 Å². The first-order valence-electron chi connectivity index (χ1n) is 11.3. The number of aromatic nitrogens is 4. The van der Waals surface area contributed by atoms with Gasteiger partial charge in [0.2, 0.25) is 5.91 Å². The fourth-order valence-corrected chi connectivity index (χ4v) is 4.25. The van der Waals surface area contributed by atoms with Gasteiger partial charge >= 0.3 is 6.01 Å². The Kier molecular flexibility index (Phi) is 6.65. The highest BCUT2D eigenvalue weighted by molar-refractivity contribution is 7.93. The first-order chi connectivity index (χ1) is 17.0. The maximum atomic E-state index is 15.0. The third-order valence-corrected chi connectivity index (χ3v) is 6.44. The average Bonchev–Trinajstić information content (AvgIpc) is 3.24. The highest BCUT2D eigenvalue weighted by atomic mass is 32.2. The van der Waals surface area contributed by atoms with E-state index in [4.69, 9.17) is 9.29 Å². The monoisotopic (exact) mass is 493 g/mol. The number of nitrogens with zero attached hydrogens (tertiary/aromatic N) is 3. The number of aryl methyl sites for hydroxylation is 1. The lowest BCUT2D eigenvalue weighted by molar-refractivity contribution is -0.130. The fourth-order valence-electron chi connectivity index (χ4n) is 4.05. The Hall–Kier alpha value is -3.50. The second-order valence-electron chi connectivity index (χ2n) is 8.59. The van der Waals surface area contributed by atoms with E-state index in [0.717, 1.165) is 16.6 Å². The van der Waals surface area contributed by atoms with Gasteiger partial charge in [0.25, 0.3) is 0 Å². The van der Waals surface area contributed by atoms with Gasteiger partial charge in [0.1, 0.15) is 17.7 Å². The van der Waals surface area contributed by atoms with Gasteiger partial charge in [-0.05, 0) is 67.2 Å². The molecule has 0 spiro atoms. The van der Waals surface area contributed by atoms with Crippen LogP contribution in [-0.2, 0) is 4.79 Å². The third-order valence-electron chi connectivity index (χ3n) is 6.05. The minimum atomic E-state index is -0.394. The SMILES string of the molecule is Cc1ccc2nc(-c3ccc(-c4cnc(OC5CC(C(=O)NCCSO)C5)nc4)cc3F)[nH]c2c1. The third kappa shape index (κ3) is 5.13. The zero-order valence-corrected chi connectivity index (χ0v) is 19.8. The quantitative estimate of drug-likeness (QED) is 0.243. The summed E-state index contributed by atoms with van der Waals surface area (Å²) in [6, 6.07) is 11.0. The molecule has 0 unspecified atom stereocenters. The topological polar surface area (TPSA) is 113 Å². The zero-order valence-electron chi connectivity index (χ0n) is 19.0. The number of hydrogen-bond donors (Lipinski definition) is 3. The molecule has 2 heterocycles. The Morgan fingerprint density at radius 2 is 2.00 bits per heavy atom. The van der Waals surface area contributed by atoms with Crippen LogP contribution in [0.3, 0.4) is 0 Å². The number of hydrogen-bond acceptors (Lipinski definition) is 7. The minimum Gasteiger partial charge on any atom is -0.460 e. The lowest BCUT2D eigenvalue weighted by Crippen LogP contribution is -2.44. The summed E-state index contributed by atoms with van der Waals surface area (Å²) in [7, 11) is 0. The number of halogens is 1. The standard InChI is InChI=1S/C25H24FN5O3S/c1-14-2-5-21-22(8-14)31-23(30-21)19-4-3-15(11-20(19)26)17-12-28-25(29-13-17)34-18-9-16(10-18)24(32)27-6-7-35-33/h2-5,8,11-13,16,18,33H,6-7,9-10H2,1H3,(H,27,32)(H,30,31). The van der Waals surface area contributed by atoms with Crippen molar-refractivity contribution in [2.75, 3.05) is 12.3 Å². The number of fused-ring (bicyclic) bond motifs is 1. The maximum Gasteiger partial charge on any atom is 0.316 e. The van der Waals surface area contributed by atoms with Crippen molar-refractivity contribution >= 4 is 29.0 Å². The van der Waals surface area contributed by atoms with E-state index in [1.165, 1.54) is 6.07 Å². The molecule has 2 aromatic carbocycles. The second kappa shape index (κ2) is 10.0. The zero-order chi connectivity index (χ0) is 24.4. The molecule has 1 amide bonds. The number of benzene rings is 2. The summed E-state index contributed by atoms with van der Waals surface area (Å²) in [6.45, 7) is 2.43. The van der Waals surface area contributed by atoms with E-state index in [1.54, 1.807) is 24.5 Å². The highest BCUT2D eigenvalue weighted by Crippen LogP contribution is 2.31. The molecule has 1 fully saturated rings. The highest BCUT2D eigenvalue weighted by Gasteiger charge is 2.36. The Labute approximate surface area is 205 Å². The molecule has 2 aromatic heterocycles. The van der Waals surface area contributed by atoms with Crippen molar-refractivity contribution in [1.29, 1.82) is 0 Å². The van der Waals surface area contributed by atoms with Crippen molar-refractivity contribution in [3.63, 3.8) is 0 Å². The van der Waals surface area contributed by atoms with E-state index < -0.39 is 5.82 Å². The average molecular weight is 494 g/mol. The lowest BCUT2D eigenvalue weighted by Gasteiger charge is -2.33. The van der Waals surface area contributed by atoms with Crippen LogP contribution in [0.5, 0.6) is 6.01 Å². The van der Waals surface area contributed by atoms with Crippen LogP contribution in [0, 0.1) is 18.7 Å². The van der Waals surface area contributed by atoms with E-state index in [0.29, 0.717) is 59.7 Å². The van der Waals surface area contributed by atoms with E-state index in [9.17, 15) is 9.18 Å². The van der Waals surface area contributed by atoms with Gasteiger partial charge in [0.05, 0.1) is 16.6 Å². The van der Waals surface area contributed by atoms with Gasteiger partial charge in [-0.15, -0.1) is 0 Å². The smallest absolute Gasteiger partial charge is 0.316 e. The molecule has 35 heavy (non-hydrogen) atoms. The molecule has 1 saturated carbocycles. The van der Waals surface area contributed by atoms with Gasteiger partial charge in [-0.25, -0.2) is 19.3 Å². The number of carbonyl (C=O) groups excluding carboxylic acids is 1. The molecule has 5 rings (SSSR count). The van der Waals surface area contributed by atoms with Crippen LogP contribution in [0.1, 0.15) is 18.4 Å². The summed E-state index contributed by atoms with van der Waals surface area (Å²) in [6.07, 6.45) is 4.26. The number of imidazole rings is 1. The Morgan fingerprint density at radius 3 is 2.74 bits per heavy atom. The van der Waals surface area contributed by atoms with Crippen molar-refractivity contribution in [3.05, 3.63) is 60.2 Å². The molecule has 0 atom stereocenters. The summed E-state index contributed by atoms with van der Waals surface area (Å²) < 4.78 is 29.4. The number of nitrogens with one attached hydrogen (secondary N) is 2. The molecule has 0 saturated heterocycles. The molecule has 1 aliphatic rings. The molecule has 180 valence electrons. The van der Waals surface area contributed by atoms with Crippen LogP contribution in [0.25, 0.3) is 33.5 Å². The van der Waals surface area contributed by atoms with Crippen LogP contribution in [0.15, 0.2) is 48.8 Å². The molecule has 0 aliphatic heterocycles. The van der Waals surface area contributed by atoms with Crippen molar-refractivity contribution in [2.45, 2.75) is 25.9 Å². The number of H-pyrrole nitrogens is 1. The summed E-state index contributed by atoms with van der Waals surface area (Å²) in [5.41, 5.74) is 4.46. The number of rotatable bonds is 8. The van der Waals surface area contributed by atoms with Gasteiger partial charge in [-0.1, -0.05) is 12.1 Å². The lowest BCUT2D eigenvalue weighted by atomic mass is 9.81. The predicted molar refractivity (Wildman–Crippen MR) is 132 cm³/mol. The Morgan fingerprint density at radius 1 is 1.20 bits per heavy atom. The predicted octanol–water partition coefficient (Wildman–Crippen LogP) is 4.61. The van der Waals surface area contributed by atoms with E-state index in [2.05, 4.69) is 25.3 Å².